The van der Waals surface area contributed by atoms with Crippen molar-refractivity contribution < 1.29 is 9.34 Å². The first-order valence-corrected chi connectivity index (χ1v) is 7.31. The molecule has 0 amide bonds. The van der Waals surface area contributed by atoms with E-state index in [1.165, 1.54) is 38.4 Å². The zero-order valence-electron chi connectivity index (χ0n) is 12.0. The predicted octanol–water partition coefficient (Wildman–Crippen LogP) is 2.40. The fraction of sp³-hybridized carbons (Fsp3) is 0.714. The van der Waals surface area contributed by atoms with Crippen molar-refractivity contribution in [3.8, 4) is 0 Å². The molecule has 1 atom stereocenters. The first-order valence-electron chi connectivity index (χ1n) is 7.31. The number of likely N-dealkylation sites (tertiary alicyclic amines) is 1. The van der Waals surface area contributed by atoms with Crippen LogP contribution in [0.5, 0.6) is 0 Å². The van der Waals surface area contributed by atoms with E-state index in [-0.39, 0.29) is 5.88 Å². The molecule has 0 aromatic carbocycles. The van der Waals surface area contributed by atoms with Crippen LogP contribution in [0.2, 0.25) is 0 Å². The number of nitro groups is 1. The number of rotatable bonds is 7. The van der Waals surface area contributed by atoms with Crippen molar-refractivity contribution in [3.05, 3.63) is 28.0 Å². The van der Waals surface area contributed by atoms with Gasteiger partial charge in [0.1, 0.15) is 10.7 Å². The van der Waals surface area contributed by atoms with E-state index < -0.39 is 4.92 Å². The number of nitrogens with zero attached hydrogens (tertiary/aromatic N) is 2. The molecular weight excluding hydrogens is 258 g/mol. The molecular formula is C14H23N3O3. The van der Waals surface area contributed by atoms with Crippen LogP contribution in [-0.2, 0) is 6.54 Å². The van der Waals surface area contributed by atoms with Gasteiger partial charge in [0, 0.05) is 6.54 Å². The minimum Gasteiger partial charge on any atom is -0.404 e. The van der Waals surface area contributed by atoms with E-state index >= 15 is 0 Å². The highest BCUT2D eigenvalue weighted by Crippen LogP contribution is 2.15. The molecule has 0 saturated carbocycles. The number of hydrogen-bond donors (Lipinski definition) is 1. The van der Waals surface area contributed by atoms with Gasteiger partial charge in [0.05, 0.1) is 12.6 Å². The Morgan fingerprint density at radius 2 is 2.15 bits per heavy atom. The van der Waals surface area contributed by atoms with Crippen molar-refractivity contribution in [2.45, 2.75) is 32.7 Å². The van der Waals surface area contributed by atoms with Crippen LogP contribution >= 0.6 is 0 Å². The highest BCUT2D eigenvalue weighted by molar-refractivity contribution is 5.17. The molecule has 0 aliphatic carbocycles. The molecule has 1 N–H and O–H groups in total. The van der Waals surface area contributed by atoms with E-state index in [0.29, 0.717) is 18.2 Å². The summed E-state index contributed by atoms with van der Waals surface area (Å²) >= 11 is 0. The Morgan fingerprint density at radius 1 is 1.40 bits per heavy atom. The van der Waals surface area contributed by atoms with E-state index in [0.717, 1.165) is 13.1 Å². The van der Waals surface area contributed by atoms with Crippen LogP contribution in [0.1, 0.15) is 31.9 Å². The van der Waals surface area contributed by atoms with Gasteiger partial charge in [-0.3, -0.25) is 10.1 Å². The van der Waals surface area contributed by atoms with Gasteiger partial charge in [-0.05, 0) is 44.5 Å². The Kier molecular flexibility index (Phi) is 5.55. The van der Waals surface area contributed by atoms with Gasteiger partial charge in [0.2, 0.25) is 0 Å². The maximum absolute atomic E-state index is 10.5. The lowest BCUT2D eigenvalue weighted by Crippen LogP contribution is -2.36. The number of piperidine rings is 1. The third-order valence-corrected chi connectivity index (χ3v) is 3.64. The average Bonchev–Trinajstić information content (AvgIpc) is 2.89. The first kappa shape index (κ1) is 15.0. The summed E-state index contributed by atoms with van der Waals surface area (Å²) in [5.41, 5.74) is 0. The third kappa shape index (κ3) is 4.61. The van der Waals surface area contributed by atoms with Gasteiger partial charge in [-0.15, -0.1) is 0 Å². The molecule has 2 heterocycles. The second kappa shape index (κ2) is 7.40. The van der Waals surface area contributed by atoms with Crippen molar-refractivity contribution in [1.82, 2.24) is 10.2 Å². The summed E-state index contributed by atoms with van der Waals surface area (Å²) in [4.78, 5) is 12.5. The molecule has 2 rings (SSSR count). The van der Waals surface area contributed by atoms with Crippen molar-refractivity contribution in [2.75, 3.05) is 26.2 Å². The second-order valence-corrected chi connectivity index (χ2v) is 5.59. The van der Waals surface area contributed by atoms with Crippen molar-refractivity contribution in [3.63, 3.8) is 0 Å². The van der Waals surface area contributed by atoms with Gasteiger partial charge >= 0.3 is 5.88 Å². The summed E-state index contributed by atoms with van der Waals surface area (Å²) in [7, 11) is 0. The van der Waals surface area contributed by atoms with E-state index in [1.807, 2.05) is 0 Å². The standard InChI is InChI=1S/C14H23N3O3/c1-12(11-16-7-3-2-4-8-16)9-15-10-13-5-6-14(20-13)17(18)19/h5-6,12,15H,2-4,7-11H2,1H3. The topological polar surface area (TPSA) is 71.5 Å². The normalized spacial score (nSPS) is 18.1. The fourth-order valence-electron chi connectivity index (χ4n) is 2.65. The van der Waals surface area contributed by atoms with Gasteiger partial charge in [-0.25, -0.2) is 0 Å². The zero-order chi connectivity index (χ0) is 14.4. The van der Waals surface area contributed by atoms with Gasteiger partial charge in [-0.2, -0.15) is 0 Å². The lowest BCUT2D eigenvalue weighted by Gasteiger charge is -2.29. The molecule has 1 aromatic rings. The maximum atomic E-state index is 10.5. The number of nitrogens with one attached hydrogen (secondary N) is 1. The summed E-state index contributed by atoms with van der Waals surface area (Å²) in [6.07, 6.45) is 3.99. The van der Waals surface area contributed by atoms with E-state index in [9.17, 15) is 10.1 Å². The Hall–Kier alpha value is -1.40. The quantitative estimate of drug-likeness (QED) is 0.614. The summed E-state index contributed by atoms with van der Waals surface area (Å²) in [6, 6.07) is 3.05. The lowest BCUT2D eigenvalue weighted by molar-refractivity contribution is -0.402. The molecule has 1 fully saturated rings. The Balaban J connectivity index is 1.65. The Bertz CT molecular complexity index is 427. The first-order chi connectivity index (χ1) is 9.65. The van der Waals surface area contributed by atoms with Gasteiger partial charge in [0.15, 0.2) is 0 Å². The summed E-state index contributed by atoms with van der Waals surface area (Å²) in [5, 5.41) is 13.8. The maximum Gasteiger partial charge on any atom is 0.433 e. The monoisotopic (exact) mass is 281 g/mol. The van der Waals surface area contributed by atoms with Crippen molar-refractivity contribution in [1.29, 1.82) is 0 Å². The number of hydrogen-bond acceptors (Lipinski definition) is 5. The Labute approximate surface area is 119 Å². The second-order valence-electron chi connectivity index (χ2n) is 5.59. The van der Waals surface area contributed by atoms with Crippen LogP contribution in [0.15, 0.2) is 16.5 Å². The van der Waals surface area contributed by atoms with Gasteiger partial charge in [0.25, 0.3) is 0 Å². The zero-order valence-corrected chi connectivity index (χ0v) is 12.0. The highest BCUT2D eigenvalue weighted by atomic mass is 16.6. The van der Waals surface area contributed by atoms with Crippen LogP contribution in [0.3, 0.4) is 0 Å². The fourth-order valence-corrected chi connectivity index (χ4v) is 2.65. The van der Waals surface area contributed by atoms with Crippen molar-refractivity contribution in [2.24, 2.45) is 5.92 Å². The number of furan rings is 1. The molecule has 1 aliphatic rings. The molecule has 1 aromatic heterocycles. The molecule has 112 valence electrons. The molecule has 1 saturated heterocycles. The van der Waals surface area contributed by atoms with E-state index in [4.69, 9.17) is 4.42 Å². The molecule has 1 unspecified atom stereocenters. The third-order valence-electron chi connectivity index (χ3n) is 3.64. The summed E-state index contributed by atoms with van der Waals surface area (Å²) < 4.78 is 5.10. The Morgan fingerprint density at radius 3 is 2.80 bits per heavy atom. The lowest BCUT2D eigenvalue weighted by atomic mass is 10.1. The van der Waals surface area contributed by atoms with Crippen LogP contribution in [0.25, 0.3) is 0 Å². The van der Waals surface area contributed by atoms with Gasteiger partial charge < -0.3 is 14.6 Å². The van der Waals surface area contributed by atoms with Crippen LogP contribution < -0.4 is 5.32 Å². The van der Waals surface area contributed by atoms with Crippen LogP contribution in [-0.4, -0.2) is 36.0 Å². The predicted molar refractivity (Wildman–Crippen MR) is 76.5 cm³/mol. The highest BCUT2D eigenvalue weighted by Gasteiger charge is 2.14. The van der Waals surface area contributed by atoms with Crippen LogP contribution in [0, 0.1) is 16.0 Å². The van der Waals surface area contributed by atoms with Crippen molar-refractivity contribution >= 4 is 5.88 Å². The molecule has 6 heteroatoms. The molecule has 20 heavy (non-hydrogen) atoms. The van der Waals surface area contributed by atoms with Gasteiger partial charge in [-0.1, -0.05) is 13.3 Å². The average molecular weight is 281 g/mol. The molecule has 6 nitrogen and oxygen atoms in total. The largest absolute Gasteiger partial charge is 0.433 e. The summed E-state index contributed by atoms with van der Waals surface area (Å²) in [6.45, 7) is 7.21. The summed E-state index contributed by atoms with van der Waals surface area (Å²) in [5.74, 6) is 0.989. The molecule has 0 bridgehead atoms. The molecule has 1 aliphatic heterocycles. The van der Waals surface area contributed by atoms with Crippen LogP contribution in [0.4, 0.5) is 5.88 Å². The van der Waals surface area contributed by atoms with E-state index in [2.05, 4.69) is 17.1 Å². The molecule has 0 radical (unpaired) electrons. The minimum absolute atomic E-state index is 0.192. The van der Waals surface area contributed by atoms with E-state index in [1.54, 1.807) is 6.07 Å². The molecule has 0 spiro atoms. The minimum atomic E-state index is -0.511. The SMILES string of the molecule is CC(CNCc1ccc([N+](=O)[O-])o1)CN1CCCCC1. The smallest absolute Gasteiger partial charge is 0.404 e.